The van der Waals surface area contributed by atoms with Gasteiger partial charge in [0.1, 0.15) is 0 Å². The van der Waals surface area contributed by atoms with Gasteiger partial charge >= 0.3 is 0 Å². The predicted molar refractivity (Wildman–Crippen MR) is 57.7 cm³/mol. The van der Waals surface area contributed by atoms with Crippen LogP contribution in [0.1, 0.15) is 26.0 Å². The number of hydrogen-bond donors (Lipinski definition) is 0. The molecule has 2 rings (SSSR count). The highest BCUT2D eigenvalue weighted by molar-refractivity contribution is 6.14. The molecule has 0 radical (unpaired) electrons. The molecule has 0 fully saturated rings. The molecule has 1 aliphatic rings. The molecule has 0 aromatic carbocycles. The quantitative estimate of drug-likeness (QED) is 0.700. The lowest BCUT2D eigenvalue weighted by Gasteiger charge is -2.02. The standard InChI is InChI=1S/C11H13N3/c1-8(2)10-7-11(14-13-10)9-5-3-4-6-12-9/h3-6,8H,7H2,1-2H3. The van der Waals surface area contributed by atoms with Gasteiger partial charge in [-0.1, -0.05) is 19.9 Å². The van der Waals surface area contributed by atoms with Crippen LogP contribution >= 0.6 is 0 Å². The zero-order valence-electron chi connectivity index (χ0n) is 8.44. The average molecular weight is 187 g/mol. The first-order valence-corrected chi connectivity index (χ1v) is 4.82. The van der Waals surface area contributed by atoms with Crippen molar-refractivity contribution in [3.63, 3.8) is 0 Å². The molecular formula is C11H13N3. The summed E-state index contributed by atoms with van der Waals surface area (Å²) in [5, 5.41) is 8.31. The fraction of sp³-hybridized carbons (Fsp3) is 0.364. The second-order valence-corrected chi connectivity index (χ2v) is 3.68. The molecule has 0 saturated carbocycles. The van der Waals surface area contributed by atoms with Crippen molar-refractivity contribution < 1.29 is 0 Å². The Morgan fingerprint density at radius 3 is 2.64 bits per heavy atom. The topological polar surface area (TPSA) is 37.6 Å². The largest absolute Gasteiger partial charge is 0.255 e. The first-order valence-electron chi connectivity index (χ1n) is 4.82. The van der Waals surface area contributed by atoms with Crippen LogP contribution in [0.3, 0.4) is 0 Å². The summed E-state index contributed by atoms with van der Waals surface area (Å²) in [6.07, 6.45) is 2.62. The van der Waals surface area contributed by atoms with Gasteiger partial charge in [0.15, 0.2) is 0 Å². The van der Waals surface area contributed by atoms with Crippen LogP contribution in [0.4, 0.5) is 0 Å². The minimum absolute atomic E-state index is 0.472. The molecule has 0 atom stereocenters. The van der Waals surface area contributed by atoms with E-state index in [-0.39, 0.29) is 0 Å². The predicted octanol–water partition coefficient (Wildman–Crippen LogP) is 2.29. The van der Waals surface area contributed by atoms with Gasteiger partial charge in [0.2, 0.25) is 0 Å². The molecule has 1 aliphatic heterocycles. The van der Waals surface area contributed by atoms with Crippen molar-refractivity contribution in [1.82, 2.24) is 4.98 Å². The Bertz CT molecular complexity index is 377. The van der Waals surface area contributed by atoms with E-state index in [1.165, 1.54) is 0 Å². The Morgan fingerprint density at radius 2 is 2.07 bits per heavy atom. The first-order chi connectivity index (χ1) is 6.77. The molecule has 0 amide bonds. The van der Waals surface area contributed by atoms with Crippen LogP contribution in [0.5, 0.6) is 0 Å². The fourth-order valence-electron chi connectivity index (χ4n) is 1.36. The lowest BCUT2D eigenvalue weighted by atomic mass is 10.0. The van der Waals surface area contributed by atoms with E-state index in [2.05, 4.69) is 29.0 Å². The van der Waals surface area contributed by atoms with Crippen molar-refractivity contribution in [2.24, 2.45) is 16.1 Å². The second kappa shape index (κ2) is 3.70. The van der Waals surface area contributed by atoms with Crippen LogP contribution in [0, 0.1) is 5.92 Å². The molecule has 14 heavy (non-hydrogen) atoms. The summed E-state index contributed by atoms with van der Waals surface area (Å²) >= 11 is 0. The fourth-order valence-corrected chi connectivity index (χ4v) is 1.36. The number of aromatic nitrogens is 1. The maximum Gasteiger partial charge on any atom is 0.0943 e. The maximum absolute atomic E-state index is 4.25. The maximum atomic E-state index is 4.25. The highest BCUT2D eigenvalue weighted by atomic mass is 15.2. The van der Waals surface area contributed by atoms with Crippen molar-refractivity contribution >= 4 is 11.4 Å². The number of hydrogen-bond acceptors (Lipinski definition) is 3. The molecular weight excluding hydrogens is 174 g/mol. The van der Waals surface area contributed by atoms with E-state index < -0.39 is 0 Å². The molecule has 0 N–H and O–H groups in total. The summed E-state index contributed by atoms with van der Waals surface area (Å²) in [5.74, 6) is 0.472. The second-order valence-electron chi connectivity index (χ2n) is 3.68. The van der Waals surface area contributed by atoms with E-state index >= 15 is 0 Å². The highest BCUT2D eigenvalue weighted by Gasteiger charge is 2.17. The first kappa shape index (κ1) is 9.06. The third-order valence-corrected chi connectivity index (χ3v) is 2.27. The Hall–Kier alpha value is -1.51. The molecule has 1 aromatic heterocycles. The third-order valence-electron chi connectivity index (χ3n) is 2.27. The summed E-state index contributed by atoms with van der Waals surface area (Å²) < 4.78 is 0. The summed E-state index contributed by atoms with van der Waals surface area (Å²) in [6, 6.07) is 5.85. The summed E-state index contributed by atoms with van der Waals surface area (Å²) in [6.45, 7) is 4.27. The van der Waals surface area contributed by atoms with Gasteiger partial charge in [-0.3, -0.25) is 4.98 Å². The summed E-state index contributed by atoms with van der Waals surface area (Å²) in [5.41, 5.74) is 3.06. The van der Waals surface area contributed by atoms with Crippen LogP contribution < -0.4 is 0 Å². The average Bonchev–Trinajstić information content (AvgIpc) is 2.68. The molecule has 0 bridgehead atoms. The SMILES string of the molecule is CC(C)C1=NN=C(c2ccccn2)C1. The molecule has 0 unspecified atom stereocenters. The number of nitrogens with zero attached hydrogens (tertiary/aromatic N) is 3. The van der Waals surface area contributed by atoms with Gasteiger partial charge in [0.05, 0.1) is 11.4 Å². The van der Waals surface area contributed by atoms with Gasteiger partial charge < -0.3 is 0 Å². The van der Waals surface area contributed by atoms with Crippen molar-refractivity contribution in [1.29, 1.82) is 0 Å². The number of pyridine rings is 1. The Balaban J connectivity index is 2.13. The van der Waals surface area contributed by atoms with Crippen molar-refractivity contribution in [2.75, 3.05) is 0 Å². The molecule has 3 heteroatoms. The lowest BCUT2D eigenvalue weighted by Crippen LogP contribution is -2.10. The van der Waals surface area contributed by atoms with Gasteiger partial charge in [-0.2, -0.15) is 10.2 Å². The van der Waals surface area contributed by atoms with E-state index in [0.717, 1.165) is 23.5 Å². The molecule has 0 spiro atoms. The zero-order valence-corrected chi connectivity index (χ0v) is 8.44. The van der Waals surface area contributed by atoms with Crippen molar-refractivity contribution in [2.45, 2.75) is 20.3 Å². The Morgan fingerprint density at radius 1 is 1.21 bits per heavy atom. The van der Waals surface area contributed by atoms with Gasteiger partial charge in [-0.25, -0.2) is 0 Å². The highest BCUT2D eigenvalue weighted by Crippen LogP contribution is 2.14. The molecule has 0 aliphatic carbocycles. The normalized spacial score (nSPS) is 15.6. The summed E-state index contributed by atoms with van der Waals surface area (Å²) in [4.78, 5) is 4.25. The lowest BCUT2D eigenvalue weighted by molar-refractivity contribution is 0.870. The van der Waals surface area contributed by atoms with Gasteiger partial charge in [0.25, 0.3) is 0 Å². The molecule has 72 valence electrons. The molecule has 3 nitrogen and oxygen atoms in total. The minimum Gasteiger partial charge on any atom is -0.255 e. The monoisotopic (exact) mass is 187 g/mol. The molecule has 2 heterocycles. The smallest absolute Gasteiger partial charge is 0.0943 e. The minimum atomic E-state index is 0.472. The van der Waals surface area contributed by atoms with Gasteiger partial charge in [-0.05, 0) is 18.1 Å². The van der Waals surface area contributed by atoms with Crippen LogP contribution in [0.15, 0.2) is 34.6 Å². The van der Waals surface area contributed by atoms with Crippen molar-refractivity contribution in [3.05, 3.63) is 30.1 Å². The van der Waals surface area contributed by atoms with Crippen LogP contribution in [0.2, 0.25) is 0 Å². The van der Waals surface area contributed by atoms with Crippen molar-refractivity contribution in [3.8, 4) is 0 Å². The Kier molecular flexibility index (Phi) is 2.39. The van der Waals surface area contributed by atoms with E-state index in [1.54, 1.807) is 6.20 Å². The van der Waals surface area contributed by atoms with Crippen LogP contribution in [0.25, 0.3) is 0 Å². The van der Waals surface area contributed by atoms with Gasteiger partial charge in [0, 0.05) is 18.3 Å². The van der Waals surface area contributed by atoms with Crippen LogP contribution in [-0.4, -0.2) is 16.4 Å². The van der Waals surface area contributed by atoms with Gasteiger partial charge in [-0.15, -0.1) is 0 Å². The molecule has 1 aromatic rings. The zero-order chi connectivity index (χ0) is 9.97. The van der Waals surface area contributed by atoms with Crippen LogP contribution in [-0.2, 0) is 0 Å². The van der Waals surface area contributed by atoms with E-state index in [0.29, 0.717) is 5.92 Å². The summed E-state index contributed by atoms with van der Waals surface area (Å²) in [7, 11) is 0. The van der Waals surface area contributed by atoms with E-state index in [9.17, 15) is 0 Å². The Labute approximate surface area is 83.6 Å². The van der Waals surface area contributed by atoms with E-state index in [4.69, 9.17) is 0 Å². The van der Waals surface area contributed by atoms with E-state index in [1.807, 2.05) is 18.2 Å². The molecule has 0 saturated heterocycles. The number of rotatable bonds is 2. The third kappa shape index (κ3) is 1.71.